The first-order valence-corrected chi connectivity index (χ1v) is 7.78. The van der Waals surface area contributed by atoms with Gasteiger partial charge in [0.15, 0.2) is 11.6 Å². The lowest BCUT2D eigenvalue weighted by molar-refractivity contribution is 0.466. The van der Waals surface area contributed by atoms with Gasteiger partial charge in [-0.2, -0.15) is 0 Å². The van der Waals surface area contributed by atoms with Gasteiger partial charge in [-0.25, -0.2) is 21.9 Å². The van der Waals surface area contributed by atoms with Crippen LogP contribution in [-0.4, -0.2) is 20.5 Å². The van der Waals surface area contributed by atoms with Gasteiger partial charge < -0.3 is 5.32 Å². The highest BCUT2D eigenvalue weighted by Gasteiger charge is 2.27. The molecule has 0 atom stereocenters. The van der Waals surface area contributed by atoms with E-state index >= 15 is 0 Å². The van der Waals surface area contributed by atoms with Crippen LogP contribution >= 0.6 is 0 Å². The summed E-state index contributed by atoms with van der Waals surface area (Å²) in [6.45, 7) is 7.65. The van der Waals surface area contributed by atoms with Gasteiger partial charge in [-0.05, 0) is 45.0 Å². The SMILES string of the molecule is CCNCc1cc(F)c(F)c(S(=O)(=O)NC(C)(C)C)c1. The number of hydrogen-bond acceptors (Lipinski definition) is 3. The number of halogens is 2. The van der Waals surface area contributed by atoms with E-state index in [9.17, 15) is 17.2 Å². The van der Waals surface area contributed by atoms with Crippen LogP contribution in [0.4, 0.5) is 8.78 Å². The fourth-order valence-corrected chi connectivity index (χ4v) is 3.20. The van der Waals surface area contributed by atoms with Crippen molar-refractivity contribution in [1.82, 2.24) is 10.0 Å². The Labute approximate surface area is 118 Å². The van der Waals surface area contributed by atoms with Crippen molar-refractivity contribution in [3.05, 3.63) is 29.3 Å². The third-order valence-electron chi connectivity index (χ3n) is 2.36. The number of benzene rings is 1. The van der Waals surface area contributed by atoms with Gasteiger partial charge in [-0.1, -0.05) is 6.92 Å². The summed E-state index contributed by atoms with van der Waals surface area (Å²) in [6.07, 6.45) is 0. The van der Waals surface area contributed by atoms with E-state index in [1.54, 1.807) is 20.8 Å². The Morgan fingerprint density at radius 1 is 1.20 bits per heavy atom. The zero-order chi connectivity index (χ0) is 15.6. The van der Waals surface area contributed by atoms with Crippen LogP contribution in [0.3, 0.4) is 0 Å². The minimum absolute atomic E-state index is 0.270. The molecule has 0 aliphatic rings. The van der Waals surface area contributed by atoms with Crippen molar-refractivity contribution in [2.24, 2.45) is 0 Å². The average molecular weight is 306 g/mol. The van der Waals surface area contributed by atoms with Crippen LogP contribution in [0, 0.1) is 11.6 Å². The molecule has 0 heterocycles. The molecule has 4 nitrogen and oxygen atoms in total. The maximum atomic E-state index is 13.8. The van der Waals surface area contributed by atoms with Crippen LogP contribution in [0.15, 0.2) is 17.0 Å². The molecule has 0 spiro atoms. The molecule has 0 bridgehead atoms. The first-order chi connectivity index (χ1) is 9.07. The molecular formula is C13H20F2N2O2S. The Bertz CT molecular complexity index is 581. The number of hydrogen-bond donors (Lipinski definition) is 2. The molecule has 0 unspecified atom stereocenters. The number of rotatable bonds is 5. The quantitative estimate of drug-likeness (QED) is 0.876. The predicted octanol–water partition coefficient (Wildman–Crippen LogP) is 2.15. The summed E-state index contributed by atoms with van der Waals surface area (Å²) < 4.78 is 53.8. The van der Waals surface area contributed by atoms with Crippen LogP contribution in [-0.2, 0) is 16.6 Å². The maximum absolute atomic E-state index is 13.8. The Morgan fingerprint density at radius 2 is 1.80 bits per heavy atom. The van der Waals surface area contributed by atoms with Crippen molar-refractivity contribution in [3.63, 3.8) is 0 Å². The van der Waals surface area contributed by atoms with E-state index in [1.807, 2.05) is 6.92 Å². The molecule has 2 N–H and O–H groups in total. The van der Waals surface area contributed by atoms with E-state index in [-0.39, 0.29) is 6.54 Å². The van der Waals surface area contributed by atoms with Crippen molar-refractivity contribution in [2.45, 2.75) is 44.7 Å². The standard InChI is InChI=1S/C13H20F2N2O2S/c1-5-16-8-9-6-10(14)12(15)11(7-9)20(18,19)17-13(2,3)4/h6-7,16-17H,5,8H2,1-4H3. The normalized spacial score (nSPS) is 12.7. The largest absolute Gasteiger partial charge is 0.313 e. The van der Waals surface area contributed by atoms with Crippen LogP contribution in [0.2, 0.25) is 0 Å². The first-order valence-electron chi connectivity index (χ1n) is 6.29. The lowest BCUT2D eigenvalue weighted by Crippen LogP contribution is -2.41. The lowest BCUT2D eigenvalue weighted by Gasteiger charge is -2.21. The van der Waals surface area contributed by atoms with E-state index in [0.717, 1.165) is 12.1 Å². The molecule has 0 aromatic heterocycles. The van der Waals surface area contributed by atoms with Gasteiger partial charge in [0.2, 0.25) is 10.0 Å². The molecule has 7 heteroatoms. The summed E-state index contributed by atoms with van der Waals surface area (Å²) in [5, 5.41) is 2.93. The molecule has 0 amide bonds. The van der Waals surface area contributed by atoms with Crippen molar-refractivity contribution in [3.8, 4) is 0 Å². The zero-order valence-corrected chi connectivity index (χ0v) is 12.9. The Kier molecular flexibility index (Phi) is 5.23. The second-order valence-corrected chi connectivity index (χ2v) is 7.18. The van der Waals surface area contributed by atoms with Gasteiger partial charge in [0, 0.05) is 12.1 Å². The minimum atomic E-state index is -4.11. The summed E-state index contributed by atoms with van der Waals surface area (Å²) in [7, 11) is -4.11. The molecule has 20 heavy (non-hydrogen) atoms. The lowest BCUT2D eigenvalue weighted by atomic mass is 10.1. The van der Waals surface area contributed by atoms with Crippen molar-refractivity contribution in [1.29, 1.82) is 0 Å². The smallest absolute Gasteiger partial charge is 0.244 e. The Hall–Kier alpha value is -1.05. The molecule has 0 saturated heterocycles. The molecule has 114 valence electrons. The van der Waals surface area contributed by atoms with Gasteiger partial charge in [0.1, 0.15) is 4.90 Å². The highest BCUT2D eigenvalue weighted by atomic mass is 32.2. The molecule has 0 radical (unpaired) electrons. The van der Waals surface area contributed by atoms with Crippen LogP contribution in [0.5, 0.6) is 0 Å². The second kappa shape index (κ2) is 6.15. The molecule has 1 rings (SSSR count). The van der Waals surface area contributed by atoms with E-state index in [1.165, 1.54) is 0 Å². The number of sulfonamides is 1. The van der Waals surface area contributed by atoms with Gasteiger partial charge >= 0.3 is 0 Å². The third kappa shape index (κ3) is 4.50. The van der Waals surface area contributed by atoms with Gasteiger partial charge in [-0.3, -0.25) is 0 Å². The molecule has 1 aromatic rings. The average Bonchev–Trinajstić information content (AvgIpc) is 2.27. The van der Waals surface area contributed by atoms with E-state index < -0.39 is 32.1 Å². The maximum Gasteiger partial charge on any atom is 0.244 e. The van der Waals surface area contributed by atoms with Crippen molar-refractivity contribution < 1.29 is 17.2 Å². The Morgan fingerprint density at radius 3 is 2.30 bits per heavy atom. The van der Waals surface area contributed by atoms with Gasteiger partial charge in [0.05, 0.1) is 0 Å². The monoisotopic (exact) mass is 306 g/mol. The third-order valence-corrected chi connectivity index (χ3v) is 4.12. The van der Waals surface area contributed by atoms with E-state index in [0.29, 0.717) is 12.1 Å². The van der Waals surface area contributed by atoms with E-state index in [2.05, 4.69) is 10.0 Å². The molecule has 0 fully saturated rings. The van der Waals surface area contributed by atoms with Gasteiger partial charge in [0.25, 0.3) is 0 Å². The fraction of sp³-hybridized carbons (Fsp3) is 0.538. The zero-order valence-electron chi connectivity index (χ0n) is 12.0. The first kappa shape index (κ1) is 17.0. The van der Waals surface area contributed by atoms with E-state index in [4.69, 9.17) is 0 Å². The highest BCUT2D eigenvalue weighted by molar-refractivity contribution is 7.89. The predicted molar refractivity (Wildman–Crippen MR) is 73.8 cm³/mol. The van der Waals surface area contributed by atoms with Gasteiger partial charge in [-0.15, -0.1) is 0 Å². The summed E-state index contributed by atoms with van der Waals surface area (Å²) >= 11 is 0. The molecular weight excluding hydrogens is 286 g/mol. The second-order valence-electron chi connectivity index (χ2n) is 5.53. The fourth-order valence-electron chi connectivity index (χ4n) is 1.64. The topological polar surface area (TPSA) is 58.2 Å². The molecule has 0 aliphatic heterocycles. The molecule has 1 aromatic carbocycles. The van der Waals surface area contributed by atoms with Crippen LogP contribution in [0.1, 0.15) is 33.3 Å². The van der Waals surface area contributed by atoms with Crippen LogP contribution < -0.4 is 10.0 Å². The van der Waals surface area contributed by atoms with Crippen molar-refractivity contribution >= 4 is 10.0 Å². The summed E-state index contributed by atoms with van der Waals surface area (Å²) in [6, 6.07) is 2.14. The summed E-state index contributed by atoms with van der Waals surface area (Å²) in [4.78, 5) is -0.666. The minimum Gasteiger partial charge on any atom is -0.313 e. The number of nitrogens with one attached hydrogen (secondary N) is 2. The Balaban J connectivity index is 3.26. The van der Waals surface area contributed by atoms with Crippen LogP contribution in [0.25, 0.3) is 0 Å². The van der Waals surface area contributed by atoms with Crippen molar-refractivity contribution in [2.75, 3.05) is 6.54 Å². The molecule has 0 aliphatic carbocycles. The highest BCUT2D eigenvalue weighted by Crippen LogP contribution is 2.21. The summed E-state index contributed by atoms with van der Waals surface area (Å²) in [5.41, 5.74) is -0.403. The summed E-state index contributed by atoms with van der Waals surface area (Å²) in [5.74, 6) is -2.53. The molecule has 0 saturated carbocycles.